The van der Waals surface area contributed by atoms with Crippen LogP contribution in [0.15, 0.2) is 35.1 Å². The molecular formula is C12H11O3. The predicted octanol–water partition coefficient (Wildman–Crippen LogP) is 2.76. The van der Waals surface area contributed by atoms with Crippen molar-refractivity contribution in [3.05, 3.63) is 36.8 Å². The molecule has 1 aromatic carbocycles. The molecule has 0 aliphatic heterocycles. The highest BCUT2D eigenvalue weighted by molar-refractivity contribution is 5.75. The highest BCUT2D eigenvalue weighted by atomic mass is 16.5. The molecule has 1 radical (unpaired) electrons. The van der Waals surface area contributed by atoms with Gasteiger partial charge in [0.15, 0.2) is 0 Å². The molecule has 0 fully saturated rings. The molecule has 77 valence electrons. The SMILES string of the molecule is COc1c[c]cc(OC)c1-c1ccoc1. The van der Waals surface area contributed by atoms with Crippen molar-refractivity contribution in [2.24, 2.45) is 0 Å². The quantitative estimate of drug-likeness (QED) is 0.768. The second-order valence-electron chi connectivity index (χ2n) is 2.98. The summed E-state index contributed by atoms with van der Waals surface area (Å²) in [5, 5.41) is 0. The van der Waals surface area contributed by atoms with Gasteiger partial charge in [-0.25, -0.2) is 0 Å². The van der Waals surface area contributed by atoms with Crippen molar-refractivity contribution in [3.63, 3.8) is 0 Å². The average molecular weight is 203 g/mol. The molecule has 0 amide bonds. The van der Waals surface area contributed by atoms with Crippen LogP contribution in [0.25, 0.3) is 11.1 Å². The van der Waals surface area contributed by atoms with Gasteiger partial charge in [0.05, 0.1) is 32.3 Å². The summed E-state index contributed by atoms with van der Waals surface area (Å²) in [5.41, 5.74) is 1.81. The second kappa shape index (κ2) is 4.09. The summed E-state index contributed by atoms with van der Waals surface area (Å²) in [5.74, 6) is 1.44. The van der Waals surface area contributed by atoms with Crippen LogP contribution in [0.5, 0.6) is 11.5 Å². The van der Waals surface area contributed by atoms with Crippen molar-refractivity contribution < 1.29 is 13.9 Å². The molecule has 1 aromatic heterocycles. The molecule has 0 atom stereocenters. The Morgan fingerprint density at radius 3 is 2.27 bits per heavy atom. The van der Waals surface area contributed by atoms with Gasteiger partial charge in [0.2, 0.25) is 0 Å². The van der Waals surface area contributed by atoms with Gasteiger partial charge in [-0.1, -0.05) is 0 Å². The Labute approximate surface area is 88.2 Å². The van der Waals surface area contributed by atoms with Crippen molar-refractivity contribution in [1.82, 2.24) is 0 Å². The van der Waals surface area contributed by atoms with Gasteiger partial charge in [-0.15, -0.1) is 0 Å². The summed E-state index contributed by atoms with van der Waals surface area (Å²) in [4.78, 5) is 0. The molecule has 0 spiro atoms. The monoisotopic (exact) mass is 203 g/mol. The highest BCUT2D eigenvalue weighted by Crippen LogP contribution is 2.37. The van der Waals surface area contributed by atoms with Crippen LogP contribution in [-0.4, -0.2) is 14.2 Å². The summed E-state index contributed by atoms with van der Waals surface area (Å²) in [6.45, 7) is 0. The van der Waals surface area contributed by atoms with Crippen LogP contribution in [0, 0.1) is 6.07 Å². The fraction of sp³-hybridized carbons (Fsp3) is 0.167. The first-order valence-corrected chi connectivity index (χ1v) is 4.51. The van der Waals surface area contributed by atoms with Crippen LogP contribution in [0.1, 0.15) is 0 Å². The lowest BCUT2D eigenvalue weighted by Gasteiger charge is -2.10. The molecule has 0 aliphatic rings. The Kier molecular flexibility index (Phi) is 2.63. The summed E-state index contributed by atoms with van der Waals surface area (Å²) in [6.07, 6.45) is 3.27. The van der Waals surface area contributed by atoms with Crippen LogP contribution in [0.2, 0.25) is 0 Å². The third-order valence-electron chi connectivity index (χ3n) is 2.17. The van der Waals surface area contributed by atoms with E-state index in [0.717, 1.165) is 22.6 Å². The minimum Gasteiger partial charge on any atom is -0.496 e. The van der Waals surface area contributed by atoms with Gasteiger partial charge in [0.1, 0.15) is 11.5 Å². The van der Waals surface area contributed by atoms with Gasteiger partial charge in [-0.3, -0.25) is 0 Å². The predicted molar refractivity (Wildman–Crippen MR) is 56.1 cm³/mol. The molecule has 15 heavy (non-hydrogen) atoms. The van der Waals surface area contributed by atoms with Gasteiger partial charge in [0.25, 0.3) is 0 Å². The third kappa shape index (κ3) is 1.68. The first-order chi connectivity index (χ1) is 7.36. The Morgan fingerprint density at radius 2 is 1.80 bits per heavy atom. The smallest absolute Gasteiger partial charge is 0.131 e. The summed E-state index contributed by atoms with van der Waals surface area (Å²) in [6, 6.07) is 8.35. The molecular weight excluding hydrogens is 192 g/mol. The molecule has 0 saturated heterocycles. The molecule has 0 aliphatic carbocycles. The third-order valence-corrected chi connectivity index (χ3v) is 2.17. The van der Waals surface area contributed by atoms with Crippen molar-refractivity contribution in [3.8, 4) is 22.6 Å². The van der Waals surface area contributed by atoms with Gasteiger partial charge >= 0.3 is 0 Å². The standard InChI is InChI=1S/C12H11O3/c1-13-10-4-3-5-11(14-2)12(10)9-6-7-15-8-9/h4-8H,1-2H3. The number of ether oxygens (including phenoxy) is 2. The number of methoxy groups -OCH3 is 2. The Morgan fingerprint density at radius 1 is 1.13 bits per heavy atom. The van der Waals surface area contributed by atoms with E-state index < -0.39 is 0 Å². The van der Waals surface area contributed by atoms with E-state index in [0.29, 0.717) is 0 Å². The molecule has 0 saturated carbocycles. The zero-order valence-electron chi connectivity index (χ0n) is 8.61. The molecule has 3 heteroatoms. The van der Waals surface area contributed by atoms with E-state index in [1.54, 1.807) is 38.9 Å². The van der Waals surface area contributed by atoms with Crippen molar-refractivity contribution in [1.29, 1.82) is 0 Å². The lowest BCUT2D eigenvalue weighted by Crippen LogP contribution is -1.91. The number of hydrogen-bond donors (Lipinski definition) is 0. The summed E-state index contributed by atoms with van der Waals surface area (Å²) < 4.78 is 15.6. The van der Waals surface area contributed by atoms with E-state index in [2.05, 4.69) is 6.07 Å². The normalized spacial score (nSPS) is 10.0. The van der Waals surface area contributed by atoms with Crippen LogP contribution in [0.3, 0.4) is 0 Å². The summed E-state index contributed by atoms with van der Waals surface area (Å²) in [7, 11) is 3.23. The van der Waals surface area contributed by atoms with Gasteiger partial charge in [-0.05, 0) is 24.3 Å². The van der Waals surface area contributed by atoms with E-state index in [1.807, 2.05) is 6.07 Å². The van der Waals surface area contributed by atoms with Crippen molar-refractivity contribution in [2.45, 2.75) is 0 Å². The average Bonchev–Trinajstić information content (AvgIpc) is 2.81. The van der Waals surface area contributed by atoms with Crippen molar-refractivity contribution in [2.75, 3.05) is 14.2 Å². The van der Waals surface area contributed by atoms with E-state index in [-0.39, 0.29) is 0 Å². The molecule has 0 N–H and O–H groups in total. The maximum atomic E-state index is 5.26. The van der Waals surface area contributed by atoms with Crippen LogP contribution in [0.4, 0.5) is 0 Å². The fourth-order valence-corrected chi connectivity index (χ4v) is 1.47. The minimum atomic E-state index is 0.718. The zero-order valence-corrected chi connectivity index (χ0v) is 8.61. The van der Waals surface area contributed by atoms with Crippen LogP contribution in [-0.2, 0) is 0 Å². The Bertz CT molecular complexity index is 410. The number of hydrogen-bond acceptors (Lipinski definition) is 3. The number of benzene rings is 1. The van der Waals surface area contributed by atoms with Crippen molar-refractivity contribution >= 4 is 0 Å². The maximum Gasteiger partial charge on any atom is 0.131 e. The lowest BCUT2D eigenvalue weighted by atomic mass is 10.1. The minimum absolute atomic E-state index is 0.718. The number of rotatable bonds is 3. The molecule has 3 nitrogen and oxygen atoms in total. The van der Waals surface area contributed by atoms with Crippen LogP contribution >= 0.6 is 0 Å². The number of furan rings is 1. The van der Waals surface area contributed by atoms with E-state index in [9.17, 15) is 0 Å². The van der Waals surface area contributed by atoms with Gasteiger partial charge < -0.3 is 13.9 Å². The van der Waals surface area contributed by atoms with E-state index in [4.69, 9.17) is 13.9 Å². The zero-order chi connectivity index (χ0) is 10.7. The van der Waals surface area contributed by atoms with E-state index >= 15 is 0 Å². The molecule has 1 heterocycles. The first kappa shape index (κ1) is 9.65. The van der Waals surface area contributed by atoms with Gasteiger partial charge in [0, 0.05) is 5.56 Å². The second-order valence-corrected chi connectivity index (χ2v) is 2.98. The molecule has 0 unspecified atom stereocenters. The molecule has 0 bridgehead atoms. The first-order valence-electron chi connectivity index (χ1n) is 4.51. The lowest BCUT2D eigenvalue weighted by molar-refractivity contribution is 0.397. The topological polar surface area (TPSA) is 31.6 Å². The Hall–Kier alpha value is -1.90. The van der Waals surface area contributed by atoms with Gasteiger partial charge in [-0.2, -0.15) is 0 Å². The maximum absolute atomic E-state index is 5.26. The molecule has 2 aromatic rings. The van der Waals surface area contributed by atoms with Crippen LogP contribution < -0.4 is 9.47 Å². The summed E-state index contributed by atoms with van der Waals surface area (Å²) >= 11 is 0. The fourth-order valence-electron chi connectivity index (χ4n) is 1.47. The molecule has 2 rings (SSSR count). The Balaban J connectivity index is 2.61. The highest BCUT2D eigenvalue weighted by Gasteiger charge is 2.12. The van der Waals surface area contributed by atoms with E-state index in [1.165, 1.54) is 0 Å². The largest absolute Gasteiger partial charge is 0.496 e.